The van der Waals surface area contributed by atoms with E-state index in [1.165, 1.54) is 89.9 Å². The van der Waals surface area contributed by atoms with Crippen molar-refractivity contribution in [3.63, 3.8) is 0 Å². The third-order valence-corrected chi connectivity index (χ3v) is 9.82. The molecule has 0 saturated heterocycles. The molecule has 0 aromatic carbocycles. The summed E-state index contributed by atoms with van der Waals surface area (Å²) in [7, 11) is 0. The molecule has 0 spiro atoms. The summed E-state index contributed by atoms with van der Waals surface area (Å²) in [5.74, 6) is -0.944. The third-order valence-electron chi connectivity index (χ3n) is 9.82. The van der Waals surface area contributed by atoms with Crippen molar-refractivity contribution in [2.75, 3.05) is 13.2 Å². The highest BCUT2D eigenvalue weighted by molar-refractivity contribution is 5.71. The van der Waals surface area contributed by atoms with Gasteiger partial charge in [0.2, 0.25) is 0 Å². The monoisotopic (exact) mass is 771 g/mol. The van der Waals surface area contributed by atoms with Gasteiger partial charge < -0.3 is 14.2 Å². The van der Waals surface area contributed by atoms with Gasteiger partial charge in [-0.3, -0.25) is 14.4 Å². The fraction of sp³-hybridized carbons (Fsp3) is 0.776. The Morgan fingerprint density at radius 2 is 0.727 bits per heavy atom. The van der Waals surface area contributed by atoms with E-state index in [9.17, 15) is 14.4 Å². The van der Waals surface area contributed by atoms with Gasteiger partial charge in [0, 0.05) is 19.3 Å². The minimum Gasteiger partial charge on any atom is -0.462 e. The number of carbonyl (C=O) groups is 3. The molecule has 0 rings (SSSR count). The second kappa shape index (κ2) is 44.1. The highest BCUT2D eigenvalue weighted by Crippen LogP contribution is 2.15. The Bertz CT molecular complexity index is 980. The first kappa shape index (κ1) is 52.4. The summed E-state index contributed by atoms with van der Waals surface area (Å²) in [5, 5.41) is 0. The minimum absolute atomic E-state index is 0.0904. The molecule has 0 fully saturated rings. The first-order valence-corrected chi connectivity index (χ1v) is 23.1. The van der Waals surface area contributed by atoms with E-state index in [1.807, 2.05) is 0 Å². The van der Waals surface area contributed by atoms with Crippen LogP contribution in [0.5, 0.6) is 0 Å². The molecule has 318 valence electrons. The lowest BCUT2D eigenvalue weighted by molar-refractivity contribution is -0.167. The maximum absolute atomic E-state index is 12.7. The maximum atomic E-state index is 12.7. The van der Waals surface area contributed by atoms with Crippen LogP contribution < -0.4 is 0 Å². The van der Waals surface area contributed by atoms with Gasteiger partial charge in [-0.15, -0.1) is 0 Å². The second-order valence-electron chi connectivity index (χ2n) is 15.3. The highest BCUT2D eigenvalue weighted by atomic mass is 16.6. The minimum atomic E-state index is -0.792. The lowest BCUT2D eigenvalue weighted by Gasteiger charge is -2.18. The molecule has 0 N–H and O–H groups in total. The first-order valence-electron chi connectivity index (χ1n) is 23.1. The van der Waals surface area contributed by atoms with Crippen LogP contribution in [0.2, 0.25) is 0 Å². The fourth-order valence-electron chi connectivity index (χ4n) is 6.32. The lowest BCUT2D eigenvalue weighted by atomic mass is 10.0. The van der Waals surface area contributed by atoms with E-state index in [0.717, 1.165) is 89.9 Å². The van der Waals surface area contributed by atoms with Crippen molar-refractivity contribution < 1.29 is 28.6 Å². The van der Waals surface area contributed by atoms with Crippen molar-refractivity contribution in [1.82, 2.24) is 0 Å². The molecule has 0 saturated carbocycles. The summed E-state index contributed by atoms with van der Waals surface area (Å²) in [4.78, 5) is 37.7. The molecule has 6 heteroatoms. The molecule has 0 amide bonds. The highest BCUT2D eigenvalue weighted by Gasteiger charge is 2.19. The Kier molecular flexibility index (Phi) is 42.0. The largest absolute Gasteiger partial charge is 0.462 e. The SMILES string of the molecule is CC/C=C\C/C=C\C/C=C\CCCCC(=O)OC(COC(=O)CCCCCC/C=C\CCCC)COC(=O)CCCCCCCCCCCCCCCCC. The quantitative estimate of drug-likeness (QED) is 0.0267. The summed E-state index contributed by atoms with van der Waals surface area (Å²) in [5.41, 5.74) is 0. The molecule has 0 aliphatic heterocycles. The maximum Gasteiger partial charge on any atom is 0.306 e. The van der Waals surface area contributed by atoms with E-state index < -0.39 is 6.10 Å². The molecule has 0 bridgehead atoms. The predicted octanol–water partition coefficient (Wildman–Crippen LogP) is 14.8. The van der Waals surface area contributed by atoms with Gasteiger partial charge in [0.05, 0.1) is 0 Å². The summed E-state index contributed by atoms with van der Waals surface area (Å²) in [6.07, 6.45) is 51.0. The molecule has 0 heterocycles. The summed E-state index contributed by atoms with van der Waals surface area (Å²) >= 11 is 0. The predicted molar refractivity (Wildman–Crippen MR) is 233 cm³/mol. The van der Waals surface area contributed by atoms with Crippen LogP contribution in [0.15, 0.2) is 48.6 Å². The van der Waals surface area contributed by atoms with Crippen molar-refractivity contribution >= 4 is 17.9 Å². The fourth-order valence-corrected chi connectivity index (χ4v) is 6.32. The Labute approximate surface area is 339 Å². The number of allylic oxidation sites excluding steroid dienone is 8. The van der Waals surface area contributed by atoms with Crippen molar-refractivity contribution in [3.05, 3.63) is 48.6 Å². The Morgan fingerprint density at radius 3 is 1.22 bits per heavy atom. The van der Waals surface area contributed by atoms with Crippen molar-refractivity contribution in [3.8, 4) is 0 Å². The second-order valence-corrected chi connectivity index (χ2v) is 15.3. The number of rotatable bonds is 41. The molecule has 6 nitrogen and oxygen atoms in total. The standard InChI is InChI=1S/C49H86O6/c1-4-7-10-13-16-19-22-24-25-26-28-30-33-36-39-42-48(51)54-45-46(44-53-47(50)41-38-35-32-29-21-18-15-12-9-6-3)55-49(52)43-40-37-34-31-27-23-20-17-14-11-8-5-2/h8,11,15,17-18,20,27,31,46H,4-7,9-10,12-14,16,19,21-26,28-30,32-45H2,1-3H3/b11-8-,18-15-,20-17-,31-27-. The summed E-state index contributed by atoms with van der Waals surface area (Å²) in [6, 6.07) is 0. The van der Waals surface area contributed by atoms with Gasteiger partial charge in [0.1, 0.15) is 13.2 Å². The average Bonchev–Trinajstić information content (AvgIpc) is 3.18. The van der Waals surface area contributed by atoms with Gasteiger partial charge >= 0.3 is 17.9 Å². The van der Waals surface area contributed by atoms with Gasteiger partial charge in [-0.2, -0.15) is 0 Å². The smallest absolute Gasteiger partial charge is 0.306 e. The zero-order valence-corrected chi connectivity index (χ0v) is 36.2. The van der Waals surface area contributed by atoms with Crippen molar-refractivity contribution in [1.29, 1.82) is 0 Å². The average molecular weight is 771 g/mol. The van der Waals surface area contributed by atoms with Crippen LogP contribution in [-0.4, -0.2) is 37.2 Å². The first-order chi connectivity index (χ1) is 27.0. The van der Waals surface area contributed by atoms with Crippen LogP contribution in [0.1, 0.15) is 226 Å². The van der Waals surface area contributed by atoms with E-state index in [0.29, 0.717) is 19.3 Å². The number of carbonyl (C=O) groups excluding carboxylic acids is 3. The summed E-state index contributed by atoms with van der Waals surface area (Å²) in [6.45, 7) is 6.43. The van der Waals surface area contributed by atoms with Crippen LogP contribution in [-0.2, 0) is 28.6 Å². The van der Waals surface area contributed by atoms with Crippen LogP contribution in [0.4, 0.5) is 0 Å². The molecular weight excluding hydrogens is 685 g/mol. The van der Waals surface area contributed by atoms with Gasteiger partial charge in [-0.25, -0.2) is 0 Å². The molecule has 0 aromatic rings. The summed E-state index contributed by atoms with van der Waals surface area (Å²) < 4.78 is 16.7. The van der Waals surface area contributed by atoms with E-state index in [-0.39, 0.29) is 37.5 Å². The molecule has 0 aromatic heterocycles. The van der Waals surface area contributed by atoms with Crippen molar-refractivity contribution in [2.45, 2.75) is 232 Å². The van der Waals surface area contributed by atoms with Gasteiger partial charge in [-0.05, 0) is 70.6 Å². The van der Waals surface area contributed by atoms with Crippen LogP contribution >= 0.6 is 0 Å². The zero-order chi connectivity index (χ0) is 40.1. The van der Waals surface area contributed by atoms with E-state index in [2.05, 4.69) is 69.4 Å². The van der Waals surface area contributed by atoms with Gasteiger partial charge in [-0.1, -0.05) is 185 Å². The van der Waals surface area contributed by atoms with Gasteiger partial charge in [0.25, 0.3) is 0 Å². The number of hydrogen-bond donors (Lipinski definition) is 0. The number of esters is 3. The van der Waals surface area contributed by atoms with Gasteiger partial charge in [0.15, 0.2) is 6.10 Å². The van der Waals surface area contributed by atoms with Crippen LogP contribution in [0, 0.1) is 0 Å². The Morgan fingerprint density at radius 1 is 0.382 bits per heavy atom. The number of hydrogen-bond acceptors (Lipinski definition) is 6. The van der Waals surface area contributed by atoms with Crippen molar-refractivity contribution in [2.24, 2.45) is 0 Å². The normalized spacial score (nSPS) is 12.4. The van der Waals surface area contributed by atoms with Crippen LogP contribution in [0.3, 0.4) is 0 Å². The molecule has 1 atom stereocenters. The Balaban J connectivity index is 4.39. The van der Waals surface area contributed by atoms with E-state index >= 15 is 0 Å². The topological polar surface area (TPSA) is 78.9 Å². The molecule has 0 aliphatic rings. The number of unbranched alkanes of at least 4 members (excludes halogenated alkanes) is 22. The van der Waals surface area contributed by atoms with E-state index in [4.69, 9.17) is 14.2 Å². The Hall–Kier alpha value is -2.63. The third kappa shape index (κ3) is 42.4. The molecule has 0 radical (unpaired) electrons. The molecular formula is C49H86O6. The number of ether oxygens (including phenoxy) is 3. The molecule has 0 aliphatic carbocycles. The lowest BCUT2D eigenvalue weighted by Crippen LogP contribution is -2.30. The molecule has 1 unspecified atom stereocenters. The molecule has 55 heavy (non-hydrogen) atoms. The zero-order valence-electron chi connectivity index (χ0n) is 36.2. The van der Waals surface area contributed by atoms with E-state index in [1.54, 1.807) is 0 Å². The van der Waals surface area contributed by atoms with Crippen LogP contribution in [0.25, 0.3) is 0 Å².